The zero-order chi connectivity index (χ0) is 27.4. The summed E-state index contributed by atoms with van der Waals surface area (Å²) in [5.74, 6) is 1.22. The standard InChI is InChI=1S/C29H29FN4O5/c1-34-11-9-19(10-12-34)39-27-15-22-25(16-26(27)36-2)31-17-32-28(22)33-24-8-7-21(14-23(24)30)38-20-6-4-5-18(13-20)29(35)37-3/h4-8,13-17,19H,9-12H2,1-3H3,(H,31,32,33). The molecule has 0 aliphatic carbocycles. The first-order valence-corrected chi connectivity index (χ1v) is 12.5. The normalized spacial score (nSPS) is 14.2. The Hall–Kier alpha value is -4.44. The monoisotopic (exact) mass is 532 g/mol. The second-order valence-corrected chi connectivity index (χ2v) is 9.25. The number of ether oxygens (including phenoxy) is 4. The van der Waals surface area contributed by atoms with Gasteiger partial charge in [-0.25, -0.2) is 19.2 Å². The molecule has 1 aliphatic heterocycles. The van der Waals surface area contributed by atoms with Crippen molar-refractivity contribution in [2.45, 2.75) is 18.9 Å². The molecule has 0 saturated carbocycles. The van der Waals surface area contributed by atoms with E-state index in [0.29, 0.717) is 39.5 Å². The Morgan fingerprint density at radius 1 is 1.00 bits per heavy atom. The third kappa shape index (κ3) is 6.01. The van der Waals surface area contributed by atoms with Crippen molar-refractivity contribution in [2.24, 2.45) is 0 Å². The number of esters is 1. The number of rotatable bonds is 8. The van der Waals surface area contributed by atoms with E-state index in [9.17, 15) is 4.79 Å². The molecule has 1 N–H and O–H groups in total. The first kappa shape index (κ1) is 26.2. The molecule has 0 atom stereocenters. The second-order valence-electron chi connectivity index (χ2n) is 9.25. The van der Waals surface area contributed by atoms with Crippen LogP contribution in [0.4, 0.5) is 15.9 Å². The van der Waals surface area contributed by atoms with E-state index >= 15 is 4.39 Å². The first-order valence-electron chi connectivity index (χ1n) is 12.5. The SMILES string of the molecule is COC(=O)c1cccc(Oc2ccc(Nc3ncnc4cc(OC)c(OC5CCN(C)CC5)cc34)c(F)c2)c1. The number of nitrogens with zero attached hydrogens (tertiary/aromatic N) is 3. The lowest BCUT2D eigenvalue weighted by molar-refractivity contribution is 0.0600. The summed E-state index contributed by atoms with van der Waals surface area (Å²) in [5.41, 5.74) is 1.17. The number of carbonyl (C=O) groups excluding carboxylic acids is 1. The van der Waals surface area contributed by atoms with Gasteiger partial charge in [-0.05, 0) is 56.3 Å². The van der Waals surface area contributed by atoms with Gasteiger partial charge in [0.05, 0.1) is 31.0 Å². The Balaban J connectivity index is 1.38. The maximum Gasteiger partial charge on any atom is 0.337 e. The molecule has 4 aromatic rings. The van der Waals surface area contributed by atoms with Crippen LogP contribution in [-0.4, -0.2) is 61.3 Å². The van der Waals surface area contributed by atoms with Gasteiger partial charge in [0, 0.05) is 30.6 Å². The van der Waals surface area contributed by atoms with Crippen LogP contribution in [0.25, 0.3) is 10.9 Å². The number of hydrogen-bond donors (Lipinski definition) is 1. The number of benzene rings is 3. The lowest BCUT2D eigenvalue weighted by Gasteiger charge is -2.29. The van der Waals surface area contributed by atoms with Gasteiger partial charge in [0.25, 0.3) is 0 Å². The van der Waals surface area contributed by atoms with Crippen molar-refractivity contribution in [2.75, 3.05) is 39.7 Å². The summed E-state index contributed by atoms with van der Waals surface area (Å²) in [7, 11) is 4.99. The second kappa shape index (κ2) is 11.5. The minimum atomic E-state index is -0.542. The lowest BCUT2D eigenvalue weighted by Crippen LogP contribution is -2.35. The topological polar surface area (TPSA) is 95.0 Å². The van der Waals surface area contributed by atoms with Gasteiger partial charge in [-0.15, -0.1) is 0 Å². The van der Waals surface area contributed by atoms with E-state index in [-0.39, 0.29) is 17.5 Å². The number of hydrogen-bond acceptors (Lipinski definition) is 9. The summed E-state index contributed by atoms with van der Waals surface area (Å²) in [4.78, 5) is 22.8. The molecule has 202 valence electrons. The molecule has 1 aromatic heterocycles. The van der Waals surface area contributed by atoms with E-state index in [4.69, 9.17) is 18.9 Å². The van der Waals surface area contributed by atoms with Gasteiger partial charge in [0.15, 0.2) is 11.5 Å². The number of fused-ring (bicyclic) bond motifs is 1. The number of methoxy groups -OCH3 is 2. The fourth-order valence-corrected chi connectivity index (χ4v) is 4.43. The summed E-state index contributed by atoms with van der Waals surface area (Å²) in [6.07, 6.45) is 3.32. The maximum atomic E-state index is 15.1. The zero-order valence-corrected chi connectivity index (χ0v) is 21.9. The van der Waals surface area contributed by atoms with Crippen LogP contribution in [0.3, 0.4) is 0 Å². The van der Waals surface area contributed by atoms with E-state index in [1.54, 1.807) is 43.5 Å². The van der Waals surface area contributed by atoms with Gasteiger partial charge in [-0.2, -0.15) is 0 Å². The molecule has 0 bridgehead atoms. The molecule has 1 fully saturated rings. The molecular weight excluding hydrogens is 503 g/mol. The third-order valence-electron chi connectivity index (χ3n) is 6.56. The number of anilines is 2. The molecule has 1 aliphatic rings. The number of carbonyl (C=O) groups is 1. The molecule has 3 aromatic carbocycles. The highest BCUT2D eigenvalue weighted by Crippen LogP contribution is 2.37. The maximum absolute atomic E-state index is 15.1. The Bertz CT molecular complexity index is 1490. The predicted octanol–water partition coefficient (Wildman–Crippen LogP) is 5.57. The van der Waals surface area contributed by atoms with Gasteiger partial charge in [-0.3, -0.25) is 0 Å². The van der Waals surface area contributed by atoms with Crippen LogP contribution in [0, 0.1) is 5.82 Å². The molecule has 2 heterocycles. The summed E-state index contributed by atoms with van der Waals surface area (Å²) >= 11 is 0. The smallest absolute Gasteiger partial charge is 0.337 e. The zero-order valence-electron chi connectivity index (χ0n) is 21.9. The average Bonchev–Trinajstić information content (AvgIpc) is 2.95. The molecule has 39 heavy (non-hydrogen) atoms. The number of aromatic nitrogens is 2. The minimum absolute atomic E-state index is 0.0758. The van der Waals surface area contributed by atoms with E-state index in [1.807, 2.05) is 6.07 Å². The Morgan fingerprint density at radius 2 is 1.79 bits per heavy atom. The number of halogens is 1. The van der Waals surface area contributed by atoms with Crippen molar-refractivity contribution in [3.63, 3.8) is 0 Å². The molecule has 9 nitrogen and oxygen atoms in total. The average molecular weight is 533 g/mol. The third-order valence-corrected chi connectivity index (χ3v) is 6.56. The Labute approximate surface area is 225 Å². The van der Waals surface area contributed by atoms with Crippen LogP contribution in [0.5, 0.6) is 23.0 Å². The lowest BCUT2D eigenvalue weighted by atomic mass is 10.1. The Morgan fingerprint density at radius 3 is 2.54 bits per heavy atom. The summed E-state index contributed by atoms with van der Waals surface area (Å²) in [6, 6.07) is 14.5. The highest BCUT2D eigenvalue weighted by Gasteiger charge is 2.21. The number of piperidine rings is 1. The summed E-state index contributed by atoms with van der Waals surface area (Å²) < 4.78 is 37.5. The van der Waals surface area contributed by atoms with Crippen LogP contribution in [0.1, 0.15) is 23.2 Å². The molecule has 0 spiro atoms. The molecule has 0 amide bonds. The van der Waals surface area contributed by atoms with E-state index in [2.05, 4.69) is 27.2 Å². The van der Waals surface area contributed by atoms with Gasteiger partial charge in [-0.1, -0.05) is 6.07 Å². The highest BCUT2D eigenvalue weighted by atomic mass is 19.1. The minimum Gasteiger partial charge on any atom is -0.493 e. The van der Waals surface area contributed by atoms with Crippen molar-refractivity contribution < 1.29 is 28.1 Å². The van der Waals surface area contributed by atoms with Crippen molar-refractivity contribution in [1.29, 1.82) is 0 Å². The van der Waals surface area contributed by atoms with Crippen LogP contribution in [0.15, 0.2) is 60.9 Å². The molecule has 0 unspecified atom stereocenters. The molecular formula is C29H29FN4O5. The van der Waals surface area contributed by atoms with Crippen LogP contribution < -0.4 is 19.5 Å². The molecule has 1 saturated heterocycles. The summed E-state index contributed by atoms with van der Waals surface area (Å²) in [6.45, 7) is 1.93. The highest BCUT2D eigenvalue weighted by molar-refractivity contribution is 5.93. The van der Waals surface area contributed by atoms with Crippen LogP contribution in [0.2, 0.25) is 0 Å². The summed E-state index contributed by atoms with van der Waals surface area (Å²) in [5, 5.41) is 3.73. The largest absolute Gasteiger partial charge is 0.493 e. The number of likely N-dealkylation sites (tertiary alicyclic amines) is 1. The van der Waals surface area contributed by atoms with Gasteiger partial charge in [0.2, 0.25) is 0 Å². The quantitative estimate of drug-likeness (QED) is 0.292. The molecule has 10 heteroatoms. The van der Waals surface area contributed by atoms with Gasteiger partial charge < -0.3 is 29.2 Å². The van der Waals surface area contributed by atoms with Crippen molar-refractivity contribution >= 4 is 28.4 Å². The first-order chi connectivity index (χ1) is 18.9. The van der Waals surface area contributed by atoms with Crippen molar-refractivity contribution in [3.05, 3.63) is 72.3 Å². The van der Waals surface area contributed by atoms with Crippen LogP contribution in [-0.2, 0) is 4.74 Å². The van der Waals surface area contributed by atoms with Gasteiger partial charge >= 0.3 is 5.97 Å². The van der Waals surface area contributed by atoms with E-state index in [0.717, 1.165) is 25.9 Å². The van der Waals surface area contributed by atoms with Crippen molar-refractivity contribution in [3.8, 4) is 23.0 Å². The van der Waals surface area contributed by atoms with E-state index < -0.39 is 11.8 Å². The van der Waals surface area contributed by atoms with E-state index in [1.165, 1.54) is 25.6 Å². The van der Waals surface area contributed by atoms with Crippen LogP contribution >= 0.6 is 0 Å². The predicted molar refractivity (Wildman–Crippen MR) is 145 cm³/mol. The fraction of sp³-hybridized carbons (Fsp3) is 0.276. The Kier molecular flexibility index (Phi) is 7.74. The molecule has 0 radical (unpaired) electrons. The molecule has 5 rings (SSSR count). The fourth-order valence-electron chi connectivity index (χ4n) is 4.43. The number of nitrogens with one attached hydrogen (secondary N) is 1. The van der Waals surface area contributed by atoms with Crippen molar-refractivity contribution in [1.82, 2.24) is 14.9 Å². The van der Waals surface area contributed by atoms with Gasteiger partial charge in [0.1, 0.15) is 35.6 Å².